The molecular formula is C16H19NO2. The van der Waals surface area contributed by atoms with Crippen molar-refractivity contribution in [3.05, 3.63) is 59.9 Å². The van der Waals surface area contributed by atoms with Crippen molar-refractivity contribution >= 4 is 0 Å². The largest absolute Gasteiger partial charge is 0.491 e. The van der Waals surface area contributed by atoms with Crippen LogP contribution in [-0.4, -0.2) is 16.2 Å². The monoisotopic (exact) mass is 257 g/mol. The molecule has 19 heavy (non-hydrogen) atoms. The highest BCUT2D eigenvalue weighted by Gasteiger charge is 2.10. The molecule has 1 aromatic heterocycles. The van der Waals surface area contributed by atoms with Crippen molar-refractivity contribution < 1.29 is 9.84 Å². The van der Waals surface area contributed by atoms with Crippen LogP contribution in [0, 0.1) is 0 Å². The van der Waals surface area contributed by atoms with E-state index in [2.05, 4.69) is 4.98 Å². The van der Waals surface area contributed by atoms with E-state index < -0.39 is 6.10 Å². The Bertz CT molecular complexity index is 511. The summed E-state index contributed by atoms with van der Waals surface area (Å²) >= 11 is 0. The van der Waals surface area contributed by atoms with Crippen LogP contribution in [0.25, 0.3) is 0 Å². The van der Waals surface area contributed by atoms with Crippen LogP contribution in [0.15, 0.2) is 48.7 Å². The standard InChI is InChI=1S/C16H19NO2/c1-12(2)19-15-8-5-6-13(10-15)16(18)11-14-7-3-4-9-17-14/h3-10,12,16,18H,11H2,1-2H3. The van der Waals surface area contributed by atoms with Gasteiger partial charge in [0.15, 0.2) is 0 Å². The average Bonchev–Trinajstić information content (AvgIpc) is 2.39. The number of hydrogen-bond donors (Lipinski definition) is 1. The predicted octanol–water partition coefficient (Wildman–Crippen LogP) is 3.14. The fourth-order valence-electron chi connectivity index (χ4n) is 1.90. The normalized spacial score (nSPS) is 12.4. The molecule has 0 saturated carbocycles. The van der Waals surface area contributed by atoms with Gasteiger partial charge in [-0.15, -0.1) is 0 Å². The van der Waals surface area contributed by atoms with Crippen molar-refractivity contribution in [1.82, 2.24) is 4.98 Å². The minimum absolute atomic E-state index is 0.128. The van der Waals surface area contributed by atoms with Crippen molar-refractivity contribution in [3.8, 4) is 5.75 Å². The van der Waals surface area contributed by atoms with Gasteiger partial charge in [-0.05, 0) is 43.7 Å². The van der Waals surface area contributed by atoms with Crippen LogP contribution in [0.1, 0.15) is 31.2 Å². The first-order valence-corrected chi connectivity index (χ1v) is 6.50. The molecule has 0 spiro atoms. The molecular weight excluding hydrogens is 238 g/mol. The van der Waals surface area contributed by atoms with Gasteiger partial charge in [0.1, 0.15) is 5.75 Å². The Morgan fingerprint density at radius 3 is 2.68 bits per heavy atom. The molecule has 0 aliphatic carbocycles. The minimum atomic E-state index is -0.564. The third-order valence-corrected chi connectivity index (χ3v) is 2.74. The van der Waals surface area contributed by atoms with Crippen LogP contribution in [0.4, 0.5) is 0 Å². The lowest BCUT2D eigenvalue weighted by molar-refractivity contribution is 0.176. The summed E-state index contributed by atoms with van der Waals surface area (Å²) in [6, 6.07) is 13.3. The Hall–Kier alpha value is -1.87. The van der Waals surface area contributed by atoms with E-state index in [0.717, 1.165) is 17.0 Å². The lowest BCUT2D eigenvalue weighted by Crippen LogP contribution is -2.07. The number of rotatable bonds is 5. The molecule has 2 aromatic rings. The summed E-state index contributed by atoms with van der Waals surface area (Å²) in [6.45, 7) is 3.97. The Kier molecular flexibility index (Phi) is 4.53. The average molecular weight is 257 g/mol. The van der Waals surface area contributed by atoms with E-state index >= 15 is 0 Å². The number of pyridine rings is 1. The van der Waals surface area contributed by atoms with Gasteiger partial charge in [0, 0.05) is 18.3 Å². The highest BCUT2D eigenvalue weighted by atomic mass is 16.5. The van der Waals surface area contributed by atoms with Gasteiger partial charge in [-0.25, -0.2) is 0 Å². The van der Waals surface area contributed by atoms with Crippen molar-refractivity contribution in [3.63, 3.8) is 0 Å². The summed E-state index contributed by atoms with van der Waals surface area (Å²) in [5.41, 5.74) is 1.73. The SMILES string of the molecule is CC(C)Oc1cccc(C(O)Cc2ccccn2)c1. The molecule has 1 atom stereocenters. The first kappa shape index (κ1) is 13.6. The van der Waals surface area contributed by atoms with Crippen LogP contribution in [0.2, 0.25) is 0 Å². The number of hydrogen-bond acceptors (Lipinski definition) is 3. The lowest BCUT2D eigenvalue weighted by atomic mass is 10.0. The molecule has 0 saturated heterocycles. The maximum atomic E-state index is 10.2. The van der Waals surface area contributed by atoms with E-state index in [-0.39, 0.29) is 6.10 Å². The van der Waals surface area contributed by atoms with Crippen molar-refractivity contribution in [2.24, 2.45) is 0 Å². The first-order valence-electron chi connectivity index (χ1n) is 6.50. The lowest BCUT2D eigenvalue weighted by Gasteiger charge is -2.14. The summed E-state index contributed by atoms with van der Waals surface area (Å²) in [5.74, 6) is 0.785. The molecule has 0 bridgehead atoms. The molecule has 1 unspecified atom stereocenters. The summed E-state index contributed by atoms with van der Waals surface area (Å²) in [4.78, 5) is 4.22. The van der Waals surface area contributed by atoms with Crippen molar-refractivity contribution in [2.75, 3.05) is 0 Å². The third-order valence-electron chi connectivity index (χ3n) is 2.74. The Labute approximate surface area is 113 Å². The van der Waals surface area contributed by atoms with Gasteiger partial charge in [0.05, 0.1) is 12.2 Å². The van der Waals surface area contributed by atoms with E-state index in [1.54, 1.807) is 6.20 Å². The highest BCUT2D eigenvalue weighted by Crippen LogP contribution is 2.22. The number of aromatic nitrogens is 1. The third kappa shape index (κ3) is 4.07. The van der Waals surface area contributed by atoms with Crippen LogP contribution in [0.5, 0.6) is 5.75 Å². The number of aliphatic hydroxyl groups excluding tert-OH is 1. The van der Waals surface area contributed by atoms with Crippen LogP contribution >= 0.6 is 0 Å². The topological polar surface area (TPSA) is 42.4 Å². The number of benzene rings is 1. The van der Waals surface area contributed by atoms with E-state index in [0.29, 0.717) is 6.42 Å². The second-order valence-corrected chi connectivity index (χ2v) is 4.78. The Morgan fingerprint density at radius 2 is 2.00 bits per heavy atom. The van der Waals surface area contributed by atoms with Gasteiger partial charge in [0.25, 0.3) is 0 Å². The molecule has 2 rings (SSSR count). The van der Waals surface area contributed by atoms with Crippen molar-refractivity contribution in [1.29, 1.82) is 0 Å². The summed E-state index contributed by atoms with van der Waals surface area (Å²) in [7, 11) is 0. The van der Waals surface area contributed by atoms with Gasteiger partial charge in [-0.2, -0.15) is 0 Å². The van der Waals surface area contributed by atoms with Crippen LogP contribution in [-0.2, 0) is 6.42 Å². The molecule has 1 N–H and O–H groups in total. The zero-order valence-corrected chi connectivity index (χ0v) is 11.3. The fraction of sp³-hybridized carbons (Fsp3) is 0.312. The quantitative estimate of drug-likeness (QED) is 0.894. The first-order chi connectivity index (χ1) is 9.15. The van der Waals surface area contributed by atoms with E-state index in [4.69, 9.17) is 4.74 Å². The summed E-state index contributed by atoms with van der Waals surface area (Å²) in [5, 5.41) is 10.2. The molecule has 1 heterocycles. The predicted molar refractivity (Wildman–Crippen MR) is 75.1 cm³/mol. The molecule has 100 valence electrons. The van der Waals surface area contributed by atoms with Crippen LogP contribution in [0.3, 0.4) is 0 Å². The molecule has 3 nitrogen and oxygen atoms in total. The summed E-state index contributed by atoms with van der Waals surface area (Å²) < 4.78 is 5.63. The molecule has 0 radical (unpaired) electrons. The Morgan fingerprint density at radius 1 is 1.16 bits per heavy atom. The van der Waals surface area contributed by atoms with Gasteiger partial charge >= 0.3 is 0 Å². The second kappa shape index (κ2) is 6.34. The van der Waals surface area contributed by atoms with E-state index in [1.807, 2.05) is 56.3 Å². The zero-order valence-electron chi connectivity index (χ0n) is 11.3. The minimum Gasteiger partial charge on any atom is -0.491 e. The number of ether oxygens (including phenoxy) is 1. The smallest absolute Gasteiger partial charge is 0.120 e. The molecule has 0 fully saturated rings. The maximum Gasteiger partial charge on any atom is 0.120 e. The summed E-state index contributed by atoms with van der Waals surface area (Å²) in [6.07, 6.45) is 1.81. The highest BCUT2D eigenvalue weighted by molar-refractivity contribution is 5.30. The van der Waals surface area contributed by atoms with Gasteiger partial charge in [0.2, 0.25) is 0 Å². The number of aliphatic hydroxyl groups is 1. The molecule has 0 aliphatic rings. The molecule has 3 heteroatoms. The Balaban J connectivity index is 2.08. The maximum absolute atomic E-state index is 10.2. The second-order valence-electron chi connectivity index (χ2n) is 4.78. The van der Waals surface area contributed by atoms with Crippen LogP contribution < -0.4 is 4.74 Å². The molecule has 0 amide bonds. The zero-order chi connectivity index (χ0) is 13.7. The number of nitrogens with zero attached hydrogens (tertiary/aromatic N) is 1. The van der Waals surface area contributed by atoms with Gasteiger partial charge < -0.3 is 9.84 Å². The van der Waals surface area contributed by atoms with Gasteiger partial charge in [-0.1, -0.05) is 18.2 Å². The van der Waals surface area contributed by atoms with E-state index in [9.17, 15) is 5.11 Å². The molecule has 0 aliphatic heterocycles. The fourth-order valence-corrected chi connectivity index (χ4v) is 1.90. The van der Waals surface area contributed by atoms with Crippen molar-refractivity contribution in [2.45, 2.75) is 32.5 Å². The van der Waals surface area contributed by atoms with Gasteiger partial charge in [-0.3, -0.25) is 4.98 Å². The molecule has 1 aromatic carbocycles. The van der Waals surface area contributed by atoms with E-state index in [1.165, 1.54) is 0 Å².